The fourth-order valence-electron chi connectivity index (χ4n) is 4.12. The minimum absolute atomic E-state index is 0.0574. The Kier molecular flexibility index (Phi) is 6.03. The number of carbonyl (C=O) groups is 3. The van der Waals surface area contributed by atoms with Crippen LogP contribution < -0.4 is 10.2 Å². The van der Waals surface area contributed by atoms with Gasteiger partial charge in [0.2, 0.25) is 17.7 Å². The van der Waals surface area contributed by atoms with Gasteiger partial charge in [-0.1, -0.05) is 6.07 Å². The lowest BCUT2D eigenvalue weighted by molar-refractivity contribution is -0.142. The summed E-state index contributed by atoms with van der Waals surface area (Å²) < 4.78 is 0. The first-order valence-corrected chi connectivity index (χ1v) is 9.96. The fraction of sp³-hybridized carbons (Fsp3) is 0.571. The van der Waals surface area contributed by atoms with Gasteiger partial charge in [-0.15, -0.1) is 0 Å². The molecule has 2 aliphatic rings. The van der Waals surface area contributed by atoms with Gasteiger partial charge in [0.25, 0.3) is 0 Å². The normalized spacial score (nSPS) is 21.2. The van der Waals surface area contributed by atoms with Gasteiger partial charge in [0, 0.05) is 37.9 Å². The predicted molar refractivity (Wildman–Crippen MR) is 108 cm³/mol. The highest BCUT2D eigenvalue weighted by Gasteiger charge is 2.36. The summed E-state index contributed by atoms with van der Waals surface area (Å²) >= 11 is 0. The van der Waals surface area contributed by atoms with Crippen molar-refractivity contribution in [1.29, 1.82) is 0 Å². The van der Waals surface area contributed by atoms with Crippen LogP contribution in [0.4, 0.5) is 5.69 Å². The third kappa shape index (κ3) is 4.35. The molecule has 1 unspecified atom stereocenters. The van der Waals surface area contributed by atoms with E-state index in [2.05, 4.69) is 16.3 Å². The molecule has 0 aliphatic carbocycles. The third-order valence-electron chi connectivity index (χ3n) is 5.50. The molecule has 2 fully saturated rings. The number of hydrogen-bond acceptors (Lipinski definition) is 4. The van der Waals surface area contributed by atoms with Crippen molar-refractivity contribution >= 4 is 23.4 Å². The first-order chi connectivity index (χ1) is 13.3. The van der Waals surface area contributed by atoms with E-state index in [-0.39, 0.29) is 36.7 Å². The van der Waals surface area contributed by atoms with Gasteiger partial charge in [-0.05, 0) is 51.0 Å². The Balaban J connectivity index is 1.65. The SMILES string of the molecule is Cc1cc(C)cc(N2CCN(C(=O)CC3C(=O)NCCN3C(C)C)CC2=O)c1. The average molecular weight is 386 g/mol. The van der Waals surface area contributed by atoms with Crippen LogP contribution in [0.3, 0.4) is 0 Å². The largest absolute Gasteiger partial charge is 0.353 e. The molecular weight excluding hydrogens is 356 g/mol. The number of aryl methyl sites for hydroxylation is 2. The molecule has 1 aromatic carbocycles. The molecule has 0 bridgehead atoms. The lowest BCUT2D eigenvalue weighted by Gasteiger charge is -2.39. The van der Waals surface area contributed by atoms with Crippen molar-refractivity contribution in [2.45, 2.75) is 46.2 Å². The Hall–Kier alpha value is -2.41. The Morgan fingerprint density at radius 3 is 2.39 bits per heavy atom. The number of amides is 3. The zero-order valence-corrected chi connectivity index (χ0v) is 17.2. The van der Waals surface area contributed by atoms with Gasteiger partial charge >= 0.3 is 0 Å². The Morgan fingerprint density at radius 1 is 1.11 bits per heavy atom. The molecule has 7 heteroatoms. The van der Waals surface area contributed by atoms with E-state index in [1.807, 2.05) is 39.8 Å². The van der Waals surface area contributed by atoms with Gasteiger partial charge < -0.3 is 15.1 Å². The van der Waals surface area contributed by atoms with Crippen LogP contribution in [0.2, 0.25) is 0 Å². The van der Waals surface area contributed by atoms with E-state index in [4.69, 9.17) is 0 Å². The van der Waals surface area contributed by atoms with Crippen molar-refractivity contribution in [2.75, 3.05) is 37.6 Å². The van der Waals surface area contributed by atoms with Gasteiger partial charge in [0.15, 0.2) is 0 Å². The molecule has 3 amide bonds. The number of piperazine rings is 2. The zero-order chi connectivity index (χ0) is 20.4. The summed E-state index contributed by atoms with van der Waals surface area (Å²) in [6.07, 6.45) is 0.112. The molecular formula is C21H30N4O3. The lowest BCUT2D eigenvalue weighted by atomic mass is 10.1. The molecule has 2 heterocycles. The monoisotopic (exact) mass is 386 g/mol. The van der Waals surface area contributed by atoms with Gasteiger partial charge in [-0.25, -0.2) is 0 Å². The van der Waals surface area contributed by atoms with Gasteiger partial charge in [0.05, 0.1) is 12.5 Å². The van der Waals surface area contributed by atoms with Gasteiger partial charge in [-0.3, -0.25) is 19.3 Å². The highest BCUT2D eigenvalue weighted by atomic mass is 16.2. The maximum absolute atomic E-state index is 12.8. The number of anilines is 1. The summed E-state index contributed by atoms with van der Waals surface area (Å²) in [4.78, 5) is 43.2. The van der Waals surface area contributed by atoms with E-state index in [0.717, 1.165) is 23.4 Å². The van der Waals surface area contributed by atoms with E-state index in [9.17, 15) is 14.4 Å². The summed E-state index contributed by atoms with van der Waals surface area (Å²) in [7, 11) is 0. The highest BCUT2D eigenvalue weighted by molar-refractivity contribution is 5.98. The van der Waals surface area contributed by atoms with Crippen molar-refractivity contribution in [1.82, 2.24) is 15.1 Å². The second kappa shape index (κ2) is 8.31. The zero-order valence-electron chi connectivity index (χ0n) is 17.2. The van der Waals surface area contributed by atoms with Gasteiger partial charge in [-0.2, -0.15) is 0 Å². The van der Waals surface area contributed by atoms with Crippen molar-refractivity contribution in [3.63, 3.8) is 0 Å². The minimum atomic E-state index is -0.464. The average Bonchev–Trinajstić information content (AvgIpc) is 2.62. The van der Waals surface area contributed by atoms with Crippen LogP contribution in [0.15, 0.2) is 18.2 Å². The van der Waals surface area contributed by atoms with E-state index in [0.29, 0.717) is 19.6 Å². The van der Waals surface area contributed by atoms with Gasteiger partial charge in [0.1, 0.15) is 6.54 Å². The van der Waals surface area contributed by atoms with E-state index >= 15 is 0 Å². The molecule has 1 aromatic rings. The Bertz CT molecular complexity index is 757. The maximum atomic E-state index is 12.8. The molecule has 3 rings (SSSR count). The smallest absolute Gasteiger partial charge is 0.246 e. The molecule has 0 aromatic heterocycles. The molecule has 7 nitrogen and oxygen atoms in total. The Morgan fingerprint density at radius 2 is 1.79 bits per heavy atom. The summed E-state index contributed by atoms with van der Waals surface area (Å²) in [5.41, 5.74) is 3.10. The first-order valence-electron chi connectivity index (χ1n) is 9.96. The van der Waals surface area contributed by atoms with Crippen molar-refractivity contribution < 1.29 is 14.4 Å². The maximum Gasteiger partial charge on any atom is 0.246 e. The second-order valence-electron chi connectivity index (χ2n) is 8.05. The van der Waals surface area contributed by atoms with Crippen LogP contribution in [0, 0.1) is 13.8 Å². The topological polar surface area (TPSA) is 73.0 Å². The lowest BCUT2D eigenvalue weighted by Crippen LogP contribution is -2.59. The van der Waals surface area contributed by atoms with Crippen molar-refractivity contribution in [3.05, 3.63) is 29.3 Å². The van der Waals surface area contributed by atoms with Crippen LogP contribution in [0.1, 0.15) is 31.4 Å². The number of hydrogen-bond donors (Lipinski definition) is 1. The molecule has 152 valence electrons. The van der Waals surface area contributed by atoms with Crippen molar-refractivity contribution in [3.8, 4) is 0 Å². The highest BCUT2D eigenvalue weighted by Crippen LogP contribution is 2.22. The van der Waals surface area contributed by atoms with Crippen LogP contribution in [0.25, 0.3) is 0 Å². The second-order valence-corrected chi connectivity index (χ2v) is 8.05. The molecule has 0 saturated carbocycles. The first kappa shape index (κ1) is 20.3. The molecule has 0 radical (unpaired) electrons. The molecule has 2 aliphatic heterocycles. The fourth-order valence-corrected chi connectivity index (χ4v) is 4.12. The molecule has 28 heavy (non-hydrogen) atoms. The van der Waals surface area contributed by atoms with E-state index in [1.54, 1.807) is 9.80 Å². The summed E-state index contributed by atoms with van der Waals surface area (Å²) in [5.74, 6) is -0.326. The summed E-state index contributed by atoms with van der Waals surface area (Å²) in [6, 6.07) is 5.79. The molecule has 0 spiro atoms. The van der Waals surface area contributed by atoms with Crippen LogP contribution in [-0.4, -0.2) is 72.3 Å². The third-order valence-corrected chi connectivity index (χ3v) is 5.50. The van der Waals surface area contributed by atoms with E-state index in [1.165, 1.54) is 0 Å². The number of nitrogens with one attached hydrogen (secondary N) is 1. The Labute approximate surface area is 166 Å². The quantitative estimate of drug-likeness (QED) is 0.840. The number of carbonyl (C=O) groups excluding carboxylic acids is 3. The number of nitrogens with zero attached hydrogens (tertiary/aromatic N) is 3. The number of benzene rings is 1. The molecule has 1 N–H and O–H groups in total. The standard InChI is InChI=1S/C21H30N4O3/c1-14(2)24-6-5-22-21(28)18(24)12-19(26)23-7-8-25(20(27)13-23)17-10-15(3)9-16(4)11-17/h9-11,14,18H,5-8,12-13H2,1-4H3,(H,22,28). The molecule has 2 saturated heterocycles. The van der Waals surface area contributed by atoms with Crippen molar-refractivity contribution in [2.24, 2.45) is 0 Å². The van der Waals surface area contributed by atoms with Crippen LogP contribution >= 0.6 is 0 Å². The van der Waals surface area contributed by atoms with E-state index < -0.39 is 6.04 Å². The minimum Gasteiger partial charge on any atom is -0.353 e. The van der Waals surface area contributed by atoms with Crippen LogP contribution in [0.5, 0.6) is 0 Å². The summed E-state index contributed by atoms with van der Waals surface area (Å²) in [5, 5.41) is 2.85. The number of rotatable bonds is 4. The predicted octanol–water partition coefficient (Wildman–Crippen LogP) is 1.08. The summed E-state index contributed by atoms with van der Waals surface area (Å²) in [6.45, 7) is 10.4. The molecule has 1 atom stereocenters. The van der Waals surface area contributed by atoms with Crippen LogP contribution in [-0.2, 0) is 14.4 Å².